The Balaban J connectivity index is 1.96. The monoisotopic (exact) mass is 229 g/mol. The molecule has 0 bridgehead atoms. The maximum atomic E-state index is 12.3. The van der Waals surface area contributed by atoms with Gasteiger partial charge in [0.05, 0.1) is 17.5 Å². The Morgan fingerprint density at radius 3 is 1.94 bits per heavy atom. The number of imide groups is 1. The van der Waals surface area contributed by atoms with Gasteiger partial charge in [-0.2, -0.15) is 0 Å². The Kier molecular flexibility index (Phi) is 2.46. The van der Waals surface area contributed by atoms with Gasteiger partial charge in [0.15, 0.2) is 0 Å². The van der Waals surface area contributed by atoms with E-state index in [0.29, 0.717) is 0 Å². The van der Waals surface area contributed by atoms with E-state index in [-0.39, 0.29) is 23.7 Å². The van der Waals surface area contributed by atoms with Crippen LogP contribution >= 0.6 is 0 Å². The van der Waals surface area contributed by atoms with Crippen LogP contribution in [0.1, 0.15) is 25.7 Å². The number of para-hydroxylation sites is 1. The summed E-state index contributed by atoms with van der Waals surface area (Å²) in [6.07, 6.45) is 3.89. The molecule has 88 valence electrons. The third-order valence-corrected chi connectivity index (χ3v) is 3.86. The number of fused-ring (bicyclic) bond motifs is 1. The van der Waals surface area contributed by atoms with Gasteiger partial charge in [0.2, 0.25) is 11.8 Å². The van der Waals surface area contributed by atoms with Crippen molar-refractivity contribution in [1.82, 2.24) is 0 Å². The molecule has 2 atom stereocenters. The van der Waals surface area contributed by atoms with Crippen molar-refractivity contribution in [3.8, 4) is 0 Å². The first-order valence-electron chi connectivity index (χ1n) is 6.22. The zero-order valence-electron chi connectivity index (χ0n) is 9.63. The van der Waals surface area contributed by atoms with Gasteiger partial charge in [-0.15, -0.1) is 0 Å². The lowest BCUT2D eigenvalue weighted by Crippen LogP contribution is -2.30. The number of carbonyl (C=O) groups excluding carboxylic acids is 2. The number of amides is 2. The minimum Gasteiger partial charge on any atom is -0.274 e. The summed E-state index contributed by atoms with van der Waals surface area (Å²) in [7, 11) is 0. The normalized spacial score (nSPS) is 28.4. The van der Waals surface area contributed by atoms with Crippen LogP contribution in [-0.2, 0) is 9.59 Å². The summed E-state index contributed by atoms with van der Waals surface area (Å²) < 4.78 is 0. The highest BCUT2D eigenvalue weighted by Gasteiger charge is 2.48. The lowest BCUT2D eigenvalue weighted by atomic mass is 9.81. The zero-order valence-corrected chi connectivity index (χ0v) is 9.63. The summed E-state index contributed by atoms with van der Waals surface area (Å²) in [5, 5.41) is 0. The molecule has 0 unspecified atom stereocenters. The molecule has 3 nitrogen and oxygen atoms in total. The standard InChI is InChI=1S/C14H15NO2/c16-13-11-8-4-5-9-12(11)14(17)15(13)10-6-2-1-3-7-10/h1-3,6-7,11-12H,4-5,8-9H2/t11-,12-/m0/s1. The highest BCUT2D eigenvalue weighted by molar-refractivity contribution is 6.22. The van der Waals surface area contributed by atoms with Crippen LogP contribution in [0.15, 0.2) is 30.3 Å². The fourth-order valence-electron chi connectivity index (χ4n) is 2.99. The second-order valence-corrected chi connectivity index (χ2v) is 4.84. The van der Waals surface area contributed by atoms with Gasteiger partial charge in [-0.1, -0.05) is 31.0 Å². The third-order valence-electron chi connectivity index (χ3n) is 3.86. The van der Waals surface area contributed by atoms with E-state index in [2.05, 4.69) is 0 Å². The Labute approximate surface area is 100 Å². The number of hydrogen-bond donors (Lipinski definition) is 0. The van der Waals surface area contributed by atoms with Crippen LogP contribution in [0.4, 0.5) is 5.69 Å². The van der Waals surface area contributed by atoms with E-state index < -0.39 is 0 Å². The molecule has 1 heterocycles. The van der Waals surface area contributed by atoms with Gasteiger partial charge in [-0.25, -0.2) is 0 Å². The highest BCUT2D eigenvalue weighted by Crippen LogP contribution is 2.39. The second kappa shape index (κ2) is 3.99. The molecule has 1 saturated carbocycles. The van der Waals surface area contributed by atoms with Crippen LogP contribution in [0.2, 0.25) is 0 Å². The topological polar surface area (TPSA) is 37.4 Å². The molecule has 0 radical (unpaired) electrons. The second-order valence-electron chi connectivity index (χ2n) is 4.84. The average Bonchev–Trinajstić information content (AvgIpc) is 2.64. The van der Waals surface area contributed by atoms with Crippen molar-refractivity contribution >= 4 is 17.5 Å². The quantitative estimate of drug-likeness (QED) is 0.693. The van der Waals surface area contributed by atoms with Gasteiger partial charge < -0.3 is 0 Å². The Morgan fingerprint density at radius 1 is 0.882 bits per heavy atom. The fourth-order valence-corrected chi connectivity index (χ4v) is 2.99. The van der Waals surface area contributed by atoms with Gasteiger partial charge in [0, 0.05) is 0 Å². The SMILES string of the molecule is O=C1[C@H]2CCCC[C@@H]2C(=O)N1c1ccccc1. The minimum atomic E-state index is -0.0588. The lowest BCUT2D eigenvalue weighted by Gasteiger charge is -2.19. The summed E-state index contributed by atoms with van der Waals surface area (Å²) in [5.41, 5.74) is 0.719. The molecule has 17 heavy (non-hydrogen) atoms. The summed E-state index contributed by atoms with van der Waals surface area (Å²) in [5.74, 6) is -0.107. The molecule has 0 N–H and O–H groups in total. The molecule has 1 aromatic carbocycles. The van der Waals surface area contributed by atoms with Gasteiger partial charge in [-0.3, -0.25) is 14.5 Å². The molecule has 1 saturated heterocycles. The van der Waals surface area contributed by atoms with E-state index in [0.717, 1.165) is 31.4 Å². The molecular weight excluding hydrogens is 214 g/mol. The first kappa shape index (κ1) is 10.5. The van der Waals surface area contributed by atoms with E-state index >= 15 is 0 Å². The van der Waals surface area contributed by atoms with Gasteiger partial charge in [0.1, 0.15) is 0 Å². The molecule has 0 aromatic heterocycles. The summed E-state index contributed by atoms with van der Waals surface area (Å²) in [4.78, 5) is 25.9. The fraction of sp³-hybridized carbons (Fsp3) is 0.429. The molecule has 1 aliphatic carbocycles. The summed E-state index contributed by atoms with van der Waals surface area (Å²) in [6, 6.07) is 9.26. The minimum absolute atomic E-state index is 0.00546. The van der Waals surface area contributed by atoms with Gasteiger partial charge in [0.25, 0.3) is 0 Å². The number of rotatable bonds is 1. The number of nitrogens with zero attached hydrogens (tertiary/aromatic N) is 1. The zero-order chi connectivity index (χ0) is 11.8. The van der Waals surface area contributed by atoms with Crippen LogP contribution in [0.5, 0.6) is 0 Å². The maximum absolute atomic E-state index is 12.3. The van der Waals surface area contributed by atoms with Crippen molar-refractivity contribution in [2.75, 3.05) is 4.90 Å². The highest BCUT2D eigenvalue weighted by atomic mass is 16.2. The summed E-state index contributed by atoms with van der Waals surface area (Å²) in [6.45, 7) is 0. The van der Waals surface area contributed by atoms with E-state index in [1.54, 1.807) is 0 Å². The Bertz CT molecular complexity index is 431. The Morgan fingerprint density at radius 2 is 1.41 bits per heavy atom. The van der Waals surface area contributed by atoms with Crippen LogP contribution in [-0.4, -0.2) is 11.8 Å². The van der Waals surface area contributed by atoms with Crippen LogP contribution < -0.4 is 4.90 Å². The molecule has 3 rings (SSSR count). The van der Waals surface area contributed by atoms with E-state index in [1.807, 2.05) is 30.3 Å². The van der Waals surface area contributed by atoms with Crippen molar-refractivity contribution in [3.05, 3.63) is 30.3 Å². The lowest BCUT2D eigenvalue weighted by molar-refractivity contribution is -0.122. The molecular formula is C14H15NO2. The predicted octanol–water partition coefficient (Wildman–Crippen LogP) is 2.37. The average molecular weight is 229 g/mol. The number of carbonyl (C=O) groups is 2. The molecule has 1 aliphatic heterocycles. The number of benzene rings is 1. The van der Waals surface area contributed by atoms with Crippen molar-refractivity contribution in [2.45, 2.75) is 25.7 Å². The van der Waals surface area contributed by atoms with E-state index in [9.17, 15) is 9.59 Å². The summed E-state index contributed by atoms with van der Waals surface area (Å²) >= 11 is 0. The van der Waals surface area contributed by atoms with Crippen molar-refractivity contribution in [1.29, 1.82) is 0 Å². The van der Waals surface area contributed by atoms with Crippen molar-refractivity contribution < 1.29 is 9.59 Å². The number of hydrogen-bond acceptors (Lipinski definition) is 2. The van der Waals surface area contributed by atoms with E-state index in [1.165, 1.54) is 4.90 Å². The maximum Gasteiger partial charge on any atom is 0.237 e. The first-order chi connectivity index (χ1) is 8.29. The molecule has 2 fully saturated rings. The molecule has 0 spiro atoms. The molecule has 2 amide bonds. The van der Waals surface area contributed by atoms with Gasteiger partial charge >= 0.3 is 0 Å². The van der Waals surface area contributed by atoms with E-state index in [4.69, 9.17) is 0 Å². The van der Waals surface area contributed by atoms with Crippen LogP contribution in [0, 0.1) is 11.8 Å². The van der Waals surface area contributed by atoms with Crippen LogP contribution in [0.3, 0.4) is 0 Å². The van der Waals surface area contributed by atoms with Crippen molar-refractivity contribution in [2.24, 2.45) is 11.8 Å². The smallest absolute Gasteiger partial charge is 0.237 e. The van der Waals surface area contributed by atoms with Gasteiger partial charge in [-0.05, 0) is 25.0 Å². The molecule has 2 aliphatic rings. The first-order valence-corrected chi connectivity index (χ1v) is 6.22. The number of anilines is 1. The molecule has 3 heteroatoms. The molecule has 1 aromatic rings. The largest absolute Gasteiger partial charge is 0.274 e. The third kappa shape index (κ3) is 1.57. The predicted molar refractivity (Wildman–Crippen MR) is 64.4 cm³/mol. The Hall–Kier alpha value is -1.64. The van der Waals surface area contributed by atoms with Crippen molar-refractivity contribution in [3.63, 3.8) is 0 Å². The van der Waals surface area contributed by atoms with Crippen LogP contribution in [0.25, 0.3) is 0 Å².